The average molecular weight is 319 g/mol. The van der Waals surface area contributed by atoms with Crippen molar-refractivity contribution >= 4 is 46.3 Å². The lowest BCUT2D eigenvalue weighted by Gasteiger charge is -2.18. The normalized spacial score (nSPS) is 18.7. The van der Waals surface area contributed by atoms with Crippen molar-refractivity contribution in [3.63, 3.8) is 0 Å². The Bertz CT molecular complexity index is 638. The van der Waals surface area contributed by atoms with E-state index in [0.717, 1.165) is 22.2 Å². The van der Waals surface area contributed by atoms with Crippen LogP contribution in [0.1, 0.15) is 12.5 Å². The van der Waals surface area contributed by atoms with Gasteiger partial charge in [-0.15, -0.1) is 0 Å². The summed E-state index contributed by atoms with van der Waals surface area (Å²) in [5.74, 6) is -1.44. The Hall–Kier alpha value is -1.92. The lowest BCUT2D eigenvalue weighted by atomic mass is 10.2. The molecule has 1 aromatic carbocycles. The van der Waals surface area contributed by atoms with Crippen LogP contribution in [0.5, 0.6) is 0 Å². The zero-order chi connectivity index (χ0) is 15.4. The maximum Gasteiger partial charge on any atom is 0.326 e. The summed E-state index contributed by atoms with van der Waals surface area (Å²) in [5.41, 5.74) is 1.02. The summed E-state index contributed by atoms with van der Waals surface area (Å²) in [5, 5.41) is 8.99. The first-order chi connectivity index (χ1) is 10.0. The molecule has 0 spiro atoms. The van der Waals surface area contributed by atoms with E-state index in [2.05, 4.69) is 0 Å². The smallest absolute Gasteiger partial charge is 0.326 e. The van der Waals surface area contributed by atoms with Gasteiger partial charge in [0.05, 0.1) is 4.91 Å². The highest BCUT2D eigenvalue weighted by Crippen LogP contribution is 2.32. The van der Waals surface area contributed by atoms with E-state index >= 15 is 0 Å². The minimum atomic E-state index is -1.08. The molecule has 0 radical (unpaired) electrons. The third-order valence-corrected chi connectivity index (χ3v) is 4.25. The maximum absolute atomic E-state index is 12.2. The van der Waals surface area contributed by atoms with Gasteiger partial charge in [-0.1, -0.05) is 66.5 Å². The van der Waals surface area contributed by atoms with Crippen molar-refractivity contribution in [3.05, 3.63) is 53.0 Å². The van der Waals surface area contributed by atoms with Crippen molar-refractivity contribution in [2.45, 2.75) is 13.0 Å². The van der Waals surface area contributed by atoms with Crippen molar-refractivity contribution in [2.24, 2.45) is 0 Å². The highest BCUT2D eigenvalue weighted by atomic mass is 32.2. The van der Waals surface area contributed by atoms with Gasteiger partial charge in [0, 0.05) is 0 Å². The first kappa shape index (κ1) is 15.5. The van der Waals surface area contributed by atoms with Gasteiger partial charge in [0.25, 0.3) is 5.91 Å². The lowest BCUT2D eigenvalue weighted by Crippen LogP contribution is -2.41. The van der Waals surface area contributed by atoms with Gasteiger partial charge in [-0.25, -0.2) is 4.79 Å². The van der Waals surface area contributed by atoms with Crippen molar-refractivity contribution in [3.8, 4) is 0 Å². The molecule has 1 amide bonds. The second-order valence-electron chi connectivity index (χ2n) is 4.36. The number of carbonyl (C=O) groups is 2. The Labute approximate surface area is 132 Å². The molecule has 1 saturated heterocycles. The Balaban J connectivity index is 2.14. The zero-order valence-electron chi connectivity index (χ0n) is 11.2. The van der Waals surface area contributed by atoms with Crippen LogP contribution in [-0.2, 0) is 9.59 Å². The van der Waals surface area contributed by atoms with Crippen molar-refractivity contribution in [1.29, 1.82) is 0 Å². The van der Waals surface area contributed by atoms with Gasteiger partial charge >= 0.3 is 5.97 Å². The molecule has 1 aliphatic heterocycles. The van der Waals surface area contributed by atoms with Gasteiger partial charge in [0.15, 0.2) is 0 Å². The Kier molecular flexibility index (Phi) is 4.93. The summed E-state index contributed by atoms with van der Waals surface area (Å²) in [6, 6.07) is 8.71. The molecular formula is C15H13NO3S2. The molecule has 6 heteroatoms. The van der Waals surface area contributed by atoms with Crippen LogP contribution < -0.4 is 0 Å². The van der Waals surface area contributed by atoms with E-state index in [1.165, 1.54) is 6.92 Å². The number of benzene rings is 1. The van der Waals surface area contributed by atoms with Crippen LogP contribution in [0.15, 0.2) is 47.4 Å². The number of carboxylic acid groups (broad SMARTS) is 1. The zero-order valence-corrected chi connectivity index (χ0v) is 12.9. The number of carboxylic acids is 1. The van der Waals surface area contributed by atoms with E-state index in [1.54, 1.807) is 12.2 Å². The molecule has 1 fully saturated rings. The largest absolute Gasteiger partial charge is 0.480 e. The number of carbonyl (C=O) groups excluding carboxylic acids is 1. The third kappa shape index (κ3) is 3.59. The molecule has 0 aromatic heterocycles. The number of hydrogen-bond donors (Lipinski definition) is 1. The molecule has 1 N–H and O–H groups in total. The summed E-state index contributed by atoms with van der Waals surface area (Å²) in [6.07, 6.45) is 5.28. The van der Waals surface area contributed by atoms with Gasteiger partial charge in [-0.05, 0) is 18.6 Å². The average Bonchev–Trinajstić information content (AvgIpc) is 2.74. The molecule has 2 rings (SSSR count). The summed E-state index contributed by atoms with van der Waals surface area (Å²) >= 11 is 6.19. The van der Waals surface area contributed by atoms with E-state index in [-0.39, 0.29) is 10.2 Å². The molecule has 108 valence electrons. The molecule has 0 saturated carbocycles. The summed E-state index contributed by atoms with van der Waals surface area (Å²) < 4.78 is 0.272. The minimum absolute atomic E-state index is 0.272. The molecule has 0 aliphatic carbocycles. The van der Waals surface area contributed by atoms with Crippen LogP contribution >= 0.6 is 24.0 Å². The number of thioether (sulfide) groups is 1. The van der Waals surface area contributed by atoms with E-state index in [4.69, 9.17) is 17.3 Å². The van der Waals surface area contributed by atoms with Crippen molar-refractivity contribution in [2.75, 3.05) is 0 Å². The van der Waals surface area contributed by atoms with Crippen molar-refractivity contribution < 1.29 is 14.7 Å². The molecule has 4 nitrogen and oxygen atoms in total. The van der Waals surface area contributed by atoms with Gasteiger partial charge in [0.1, 0.15) is 10.4 Å². The van der Waals surface area contributed by atoms with E-state index in [0.29, 0.717) is 4.91 Å². The van der Waals surface area contributed by atoms with Crippen LogP contribution in [0.2, 0.25) is 0 Å². The molecule has 1 aromatic rings. The predicted molar refractivity (Wildman–Crippen MR) is 87.7 cm³/mol. The fourth-order valence-electron chi connectivity index (χ4n) is 1.75. The number of nitrogens with zero attached hydrogens (tertiary/aromatic N) is 1. The topological polar surface area (TPSA) is 57.6 Å². The highest BCUT2D eigenvalue weighted by Gasteiger charge is 2.37. The molecule has 1 atom stereocenters. The number of aliphatic carboxylic acids is 1. The van der Waals surface area contributed by atoms with Crippen LogP contribution in [0.3, 0.4) is 0 Å². The fraction of sp³-hybridized carbons (Fsp3) is 0.133. The molecular weight excluding hydrogens is 306 g/mol. The molecule has 21 heavy (non-hydrogen) atoms. The predicted octanol–water partition coefficient (Wildman–Crippen LogP) is 2.92. The molecule has 0 unspecified atom stereocenters. The maximum atomic E-state index is 12.2. The van der Waals surface area contributed by atoms with E-state index in [9.17, 15) is 9.59 Å². The van der Waals surface area contributed by atoms with Crippen molar-refractivity contribution in [1.82, 2.24) is 4.90 Å². The Morgan fingerprint density at radius 3 is 2.67 bits per heavy atom. The number of thiocarbonyl (C=S) groups is 1. The summed E-state index contributed by atoms with van der Waals surface area (Å²) in [4.78, 5) is 24.7. The number of rotatable bonds is 4. The fourth-order valence-corrected chi connectivity index (χ4v) is 3.12. The number of amides is 1. The Morgan fingerprint density at radius 1 is 1.38 bits per heavy atom. The second kappa shape index (κ2) is 6.69. The number of allylic oxidation sites excluding steroid dienone is 2. The first-order valence-corrected chi connectivity index (χ1v) is 7.45. The van der Waals surface area contributed by atoms with Crippen LogP contribution in [0.25, 0.3) is 6.08 Å². The standard InChI is InChI=1S/C15H13NO3S2/c1-10(14(18)19)16-13(17)12(21-15(16)20)9-5-8-11-6-3-2-4-7-11/h2-10H,1H3,(H,18,19)/b8-5+,12-9-/t10-/m0/s1. The summed E-state index contributed by atoms with van der Waals surface area (Å²) in [6.45, 7) is 1.44. The molecule has 1 aliphatic rings. The van der Waals surface area contributed by atoms with Gasteiger partial charge in [-0.2, -0.15) is 0 Å². The number of hydrogen-bond acceptors (Lipinski definition) is 4. The van der Waals surface area contributed by atoms with Gasteiger partial charge in [-0.3, -0.25) is 9.69 Å². The van der Waals surface area contributed by atoms with E-state index < -0.39 is 12.0 Å². The monoisotopic (exact) mass is 319 g/mol. The highest BCUT2D eigenvalue weighted by molar-refractivity contribution is 8.26. The third-order valence-electron chi connectivity index (χ3n) is 2.90. The van der Waals surface area contributed by atoms with Gasteiger partial charge < -0.3 is 5.11 Å². The van der Waals surface area contributed by atoms with Crippen LogP contribution in [0.4, 0.5) is 0 Å². The lowest BCUT2D eigenvalue weighted by molar-refractivity contribution is -0.144. The minimum Gasteiger partial charge on any atom is -0.480 e. The van der Waals surface area contributed by atoms with Crippen LogP contribution in [0, 0.1) is 0 Å². The quantitative estimate of drug-likeness (QED) is 0.683. The van der Waals surface area contributed by atoms with Gasteiger partial charge in [0.2, 0.25) is 0 Å². The molecule has 0 bridgehead atoms. The molecule has 1 heterocycles. The van der Waals surface area contributed by atoms with Crippen LogP contribution in [-0.4, -0.2) is 32.2 Å². The Morgan fingerprint density at radius 2 is 2.05 bits per heavy atom. The SMILES string of the molecule is C[C@@H](C(=O)O)N1C(=O)/C(=C/C=C/c2ccccc2)SC1=S. The summed E-state index contributed by atoms with van der Waals surface area (Å²) in [7, 11) is 0. The first-order valence-electron chi connectivity index (χ1n) is 6.22. The second-order valence-corrected chi connectivity index (χ2v) is 6.03. The van der Waals surface area contributed by atoms with E-state index in [1.807, 2.05) is 36.4 Å².